The van der Waals surface area contributed by atoms with Gasteiger partial charge in [-0.05, 0) is 24.8 Å². The van der Waals surface area contributed by atoms with Crippen LogP contribution in [0.2, 0.25) is 0 Å². The minimum Gasteiger partial charge on any atom is -0.281 e. The Morgan fingerprint density at radius 3 is 2.74 bits per heavy atom. The number of sulfonamides is 1. The maximum absolute atomic E-state index is 12.3. The zero-order valence-electron chi connectivity index (χ0n) is 10.7. The molecule has 0 fully saturated rings. The Bertz CT molecular complexity index is 665. The van der Waals surface area contributed by atoms with E-state index in [2.05, 4.69) is 14.9 Å². The summed E-state index contributed by atoms with van der Waals surface area (Å²) in [4.78, 5) is 1.08. The average molecular weight is 297 g/mol. The summed E-state index contributed by atoms with van der Waals surface area (Å²) in [6, 6.07) is 7.35. The van der Waals surface area contributed by atoms with E-state index in [9.17, 15) is 8.42 Å². The van der Waals surface area contributed by atoms with Crippen LogP contribution >= 0.6 is 11.8 Å². The van der Waals surface area contributed by atoms with Crippen molar-refractivity contribution in [3.05, 3.63) is 36.2 Å². The number of aromatic amines is 1. The Morgan fingerprint density at radius 2 is 2.11 bits per heavy atom. The van der Waals surface area contributed by atoms with E-state index >= 15 is 0 Å². The highest BCUT2D eigenvalue weighted by atomic mass is 32.2. The van der Waals surface area contributed by atoms with Crippen LogP contribution in [0, 0.1) is 6.92 Å². The Balaban J connectivity index is 2.34. The van der Waals surface area contributed by atoms with Crippen LogP contribution < -0.4 is 4.72 Å². The van der Waals surface area contributed by atoms with E-state index in [1.165, 1.54) is 6.20 Å². The summed E-state index contributed by atoms with van der Waals surface area (Å²) < 4.78 is 27.1. The predicted octanol–water partition coefficient (Wildman–Crippen LogP) is 2.63. The third-order valence-electron chi connectivity index (χ3n) is 2.50. The lowest BCUT2D eigenvalue weighted by Gasteiger charge is -2.11. The number of hydrogen-bond acceptors (Lipinski definition) is 4. The van der Waals surface area contributed by atoms with Gasteiger partial charge in [-0.2, -0.15) is 5.10 Å². The fourth-order valence-corrected chi connectivity index (χ4v) is 3.69. The second-order valence-corrected chi connectivity index (χ2v) is 6.85. The summed E-state index contributed by atoms with van der Waals surface area (Å²) >= 11 is 1.59. The average Bonchev–Trinajstić information content (AvgIpc) is 2.79. The highest BCUT2D eigenvalue weighted by Crippen LogP contribution is 2.28. The van der Waals surface area contributed by atoms with Gasteiger partial charge in [-0.1, -0.05) is 19.1 Å². The lowest BCUT2D eigenvalue weighted by atomic mass is 10.3. The van der Waals surface area contributed by atoms with Gasteiger partial charge >= 0.3 is 0 Å². The van der Waals surface area contributed by atoms with Crippen LogP contribution in [0.5, 0.6) is 0 Å². The number of hydrogen-bond donors (Lipinski definition) is 2. The molecule has 0 spiro atoms. The minimum atomic E-state index is -3.60. The van der Waals surface area contributed by atoms with Gasteiger partial charge in [-0.15, -0.1) is 11.8 Å². The zero-order valence-corrected chi connectivity index (χ0v) is 12.3. The maximum Gasteiger partial charge on any atom is 0.265 e. The second kappa shape index (κ2) is 5.66. The Hall–Kier alpha value is -1.47. The molecule has 0 bridgehead atoms. The van der Waals surface area contributed by atoms with E-state index in [4.69, 9.17) is 0 Å². The number of nitrogens with zero attached hydrogens (tertiary/aromatic N) is 1. The van der Waals surface area contributed by atoms with E-state index in [1.54, 1.807) is 30.8 Å². The highest BCUT2D eigenvalue weighted by molar-refractivity contribution is 7.99. The normalized spacial score (nSPS) is 11.5. The molecule has 0 atom stereocenters. The van der Waals surface area contributed by atoms with Crippen molar-refractivity contribution in [2.24, 2.45) is 0 Å². The van der Waals surface area contributed by atoms with Gasteiger partial charge in [0.25, 0.3) is 10.0 Å². The number of anilines is 1. The van der Waals surface area contributed by atoms with E-state index < -0.39 is 10.0 Å². The van der Waals surface area contributed by atoms with Crippen molar-refractivity contribution in [1.82, 2.24) is 10.2 Å². The van der Waals surface area contributed by atoms with Crippen LogP contribution in [-0.4, -0.2) is 24.4 Å². The lowest BCUT2D eigenvalue weighted by molar-refractivity contribution is 0.600. The molecule has 0 saturated carbocycles. The van der Waals surface area contributed by atoms with Crippen molar-refractivity contribution < 1.29 is 8.42 Å². The smallest absolute Gasteiger partial charge is 0.265 e. The van der Waals surface area contributed by atoms with Crippen LogP contribution in [0.15, 0.2) is 40.3 Å². The Kier molecular flexibility index (Phi) is 4.16. The molecule has 2 rings (SSSR count). The third-order valence-corrected chi connectivity index (χ3v) is 4.94. The summed E-state index contributed by atoms with van der Waals surface area (Å²) in [7, 11) is -3.60. The van der Waals surface area contributed by atoms with Crippen LogP contribution in [0.1, 0.15) is 12.6 Å². The molecule has 0 radical (unpaired) electrons. The summed E-state index contributed by atoms with van der Waals surface area (Å²) in [6.07, 6.45) is 1.31. The summed E-state index contributed by atoms with van der Waals surface area (Å²) in [5.41, 5.74) is 1.11. The van der Waals surface area contributed by atoms with Gasteiger partial charge in [0.05, 0.1) is 17.6 Å². The molecule has 0 amide bonds. The van der Waals surface area contributed by atoms with Gasteiger partial charge in [-0.3, -0.25) is 9.82 Å². The van der Waals surface area contributed by atoms with E-state index in [-0.39, 0.29) is 4.90 Å². The van der Waals surface area contributed by atoms with Crippen LogP contribution in [0.3, 0.4) is 0 Å². The van der Waals surface area contributed by atoms with Crippen LogP contribution in [0.4, 0.5) is 5.69 Å². The molecule has 0 saturated heterocycles. The highest BCUT2D eigenvalue weighted by Gasteiger charge is 2.19. The number of aromatic nitrogens is 2. The molecule has 102 valence electrons. The molecule has 2 N–H and O–H groups in total. The van der Waals surface area contributed by atoms with E-state index in [0.29, 0.717) is 11.4 Å². The first kappa shape index (κ1) is 14.0. The number of thioether (sulfide) groups is 1. The standard InChI is InChI=1S/C12H15N3O2S2/c1-3-18-11-7-5-4-6-10(11)15-19(16,17)12-8-13-14-9(12)2/h4-8,15H,3H2,1-2H3,(H,13,14). The van der Waals surface area contributed by atoms with Crippen molar-refractivity contribution >= 4 is 27.5 Å². The molecule has 19 heavy (non-hydrogen) atoms. The quantitative estimate of drug-likeness (QED) is 0.832. The third kappa shape index (κ3) is 3.10. The lowest BCUT2D eigenvalue weighted by Crippen LogP contribution is -2.14. The first-order valence-electron chi connectivity index (χ1n) is 5.79. The fraction of sp³-hybridized carbons (Fsp3) is 0.250. The molecule has 0 aliphatic rings. The predicted molar refractivity (Wildman–Crippen MR) is 77.0 cm³/mol. The summed E-state index contributed by atoms with van der Waals surface area (Å²) in [5, 5.41) is 6.36. The SMILES string of the molecule is CCSc1ccccc1NS(=O)(=O)c1cn[nH]c1C. The molecule has 2 aromatic rings. The van der Waals surface area contributed by atoms with Gasteiger partial charge in [0.1, 0.15) is 4.90 Å². The number of benzene rings is 1. The fourth-order valence-electron chi connectivity index (χ4n) is 1.64. The second-order valence-electron chi connectivity index (χ2n) is 3.89. The maximum atomic E-state index is 12.3. The van der Waals surface area contributed by atoms with Gasteiger partial charge in [0, 0.05) is 4.90 Å². The van der Waals surface area contributed by atoms with Gasteiger partial charge in [0.15, 0.2) is 0 Å². The minimum absolute atomic E-state index is 0.170. The number of aryl methyl sites for hydroxylation is 1. The summed E-state index contributed by atoms with van der Waals surface area (Å²) in [6.45, 7) is 3.70. The molecule has 1 aromatic carbocycles. The molecule has 1 aromatic heterocycles. The molecular weight excluding hydrogens is 282 g/mol. The molecule has 0 unspecified atom stereocenters. The zero-order chi connectivity index (χ0) is 13.9. The summed E-state index contributed by atoms with van der Waals surface area (Å²) in [5.74, 6) is 0.878. The van der Waals surface area contributed by atoms with Gasteiger partial charge < -0.3 is 0 Å². The Morgan fingerprint density at radius 1 is 1.37 bits per heavy atom. The van der Waals surface area contributed by atoms with Crippen molar-refractivity contribution in [1.29, 1.82) is 0 Å². The molecule has 7 heteroatoms. The molecule has 0 aliphatic heterocycles. The van der Waals surface area contributed by atoms with Gasteiger partial charge in [-0.25, -0.2) is 8.42 Å². The topological polar surface area (TPSA) is 74.8 Å². The van der Waals surface area contributed by atoms with Crippen molar-refractivity contribution in [3.63, 3.8) is 0 Å². The van der Waals surface area contributed by atoms with Gasteiger partial charge in [0.2, 0.25) is 0 Å². The number of para-hydroxylation sites is 1. The van der Waals surface area contributed by atoms with E-state index in [1.807, 2.05) is 19.1 Å². The molecular formula is C12H15N3O2S2. The largest absolute Gasteiger partial charge is 0.281 e. The first-order chi connectivity index (χ1) is 9.04. The van der Waals surface area contributed by atoms with Crippen molar-refractivity contribution in [3.8, 4) is 0 Å². The van der Waals surface area contributed by atoms with Crippen LogP contribution in [0.25, 0.3) is 0 Å². The number of nitrogens with one attached hydrogen (secondary N) is 2. The first-order valence-corrected chi connectivity index (χ1v) is 8.26. The van der Waals surface area contributed by atoms with Crippen molar-refractivity contribution in [2.75, 3.05) is 10.5 Å². The van der Waals surface area contributed by atoms with Crippen LogP contribution in [-0.2, 0) is 10.0 Å². The Labute approximate surface area is 116 Å². The molecule has 5 nitrogen and oxygen atoms in total. The number of H-pyrrole nitrogens is 1. The molecule has 1 heterocycles. The monoisotopic (exact) mass is 297 g/mol. The van der Waals surface area contributed by atoms with Crippen molar-refractivity contribution in [2.45, 2.75) is 23.6 Å². The number of rotatable bonds is 5. The van der Waals surface area contributed by atoms with E-state index in [0.717, 1.165) is 10.6 Å². The molecule has 0 aliphatic carbocycles.